The first-order valence-electron chi connectivity index (χ1n) is 7.56. The van der Waals surface area contributed by atoms with E-state index in [1.54, 1.807) is 6.20 Å². The molecule has 3 rings (SSSR count). The number of ether oxygens (including phenoxy) is 1. The van der Waals surface area contributed by atoms with Crippen LogP contribution in [0.15, 0.2) is 18.3 Å². The van der Waals surface area contributed by atoms with E-state index in [2.05, 4.69) is 22.1 Å². The molecule has 1 aromatic rings. The summed E-state index contributed by atoms with van der Waals surface area (Å²) in [7, 11) is 0. The number of nitrogens with zero attached hydrogens (tertiary/aromatic N) is 3. The van der Waals surface area contributed by atoms with Crippen molar-refractivity contribution < 1.29 is 9.53 Å². The van der Waals surface area contributed by atoms with Crippen molar-refractivity contribution in [1.82, 2.24) is 15.2 Å². The Morgan fingerprint density at radius 2 is 2.04 bits per heavy atom. The molecule has 2 saturated heterocycles. The van der Waals surface area contributed by atoms with E-state index in [0.717, 1.165) is 38.5 Å². The highest BCUT2D eigenvalue weighted by molar-refractivity contribution is 5.99. The van der Waals surface area contributed by atoms with E-state index in [9.17, 15) is 4.79 Å². The monoisotopic (exact) mass is 362 g/mol. The number of pyridine rings is 1. The Balaban J connectivity index is 0.00000132. The fraction of sp³-hybridized carbons (Fsp3) is 0.600. The lowest BCUT2D eigenvalue weighted by Crippen LogP contribution is -2.51. The predicted molar refractivity (Wildman–Crippen MR) is 95.1 cm³/mol. The van der Waals surface area contributed by atoms with Crippen LogP contribution < -0.4 is 10.2 Å². The van der Waals surface area contributed by atoms with E-state index >= 15 is 0 Å². The maximum absolute atomic E-state index is 12.8. The van der Waals surface area contributed by atoms with Gasteiger partial charge in [0, 0.05) is 45.0 Å². The molecule has 1 aromatic heterocycles. The van der Waals surface area contributed by atoms with Crippen LogP contribution in [0, 0.1) is 0 Å². The van der Waals surface area contributed by atoms with Gasteiger partial charge in [0.1, 0.15) is 5.82 Å². The SMILES string of the molecule is CC1CN(C(=O)c2cccnc2N2CCOCC2)CCN1.Cl.Cl. The van der Waals surface area contributed by atoms with E-state index in [1.165, 1.54) is 0 Å². The molecule has 6 nitrogen and oxygen atoms in total. The number of amides is 1. The normalized spacial score (nSPS) is 21.2. The summed E-state index contributed by atoms with van der Waals surface area (Å²) in [6, 6.07) is 4.06. The van der Waals surface area contributed by atoms with Crippen molar-refractivity contribution in [3.63, 3.8) is 0 Å². The minimum absolute atomic E-state index is 0. The van der Waals surface area contributed by atoms with Crippen LogP contribution in [0.4, 0.5) is 5.82 Å². The number of hydrogen-bond acceptors (Lipinski definition) is 5. The molecule has 0 spiro atoms. The molecule has 0 radical (unpaired) electrons. The van der Waals surface area contributed by atoms with Gasteiger partial charge in [0.15, 0.2) is 0 Å². The van der Waals surface area contributed by atoms with Crippen molar-refractivity contribution in [3.8, 4) is 0 Å². The lowest BCUT2D eigenvalue weighted by Gasteiger charge is -2.34. The fourth-order valence-corrected chi connectivity index (χ4v) is 2.88. The summed E-state index contributed by atoms with van der Waals surface area (Å²) in [6.07, 6.45) is 1.75. The molecule has 0 aliphatic carbocycles. The van der Waals surface area contributed by atoms with Gasteiger partial charge in [0.25, 0.3) is 5.91 Å². The lowest BCUT2D eigenvalue weighted by molar-refractivity contribution is 0.0708. The van der Waals surface area contributed by atoms with Gasteiger partial charge in [0.2, 0.25) is 0 Å². The zero-order valence-corrected chi connectivity index (χ0v) is 14.9. The van der Waals surface area contributed by atoms with Crippen LogP contribution in [-0.2, 0) is 4.74 Å². The largest absolute Gasteiger partial charge is 0.378 e. The van der Waals surface area contributed by atoms with E-state index in [0.29, 0.717) is 24.8 Å². The Hall–Kier alpha value is -1.08. The summed E-state index contributed by atoms with van der Waals surface area (Å²) < 4.78 is 5.38. The fourth-order valence-electron chi connectivity index (χ4n) is 2.88. The van der Waals surface area contributed by atoms with E-state index < -0.39 is 0 Å². The summed E-state index contributed by atoms with van der Waals surface area (Å²) in [5.74, 6) is 0.870. The van der Waals surface area contributed by atoms with Crippen LogP contribution in [0.3, 0.4) is 0 Å². The van der Waals surface area contributed by atoms with Crippen LogP contribution in [0.25, 0.3) is 0 Å². The van der Waals surface area contributed by atoms with Crippen LogP contribution in [0.5, 0.6) is 0 Å². The molecule has 0 saturated carbocycles. The maximum atomic E-state index is 12.8. The summed E-state index contributed by atoms with van der Waals surface area (Å²) in [5.41, 5.74) is 0.702. The summed E-state index contributed by atoms with van der Waals surface area (Å²) in [5, 5.41) is 3.36. The minimum atomic E-state index is 0. The van der Waals surface area contributed by atoms with Crippen molar-refractivity contribution >= 4 is 36.5 Å². The molecule has 130 valence electrons. The number of halogens is 2. The topological polar surface area (TPSA) is 57.7 Å². The maximum Gasteiger partial charge on any atom is 0.257 e. The molecule has 1 atom stereocenters. The van der Waals surface area contributed by atoms with Crippen molar-refractivity contribution in [3.05, 3.63) is 23.9 Å². The van der Waals surface area contributed by atoms with Gasteiger partial charge in [-0.25, -0.2) is 4.98 Å². The second kappa shape index (κ2) is 9.27. The van der Waals surface area contributed by atoms with E-state index in [1.807, 2.05) is 17.0 Å². The van der Waals surface area contributed by atoms with Gasteiger partial charge < -0.3 is 19.9 Å². The number of rotatable bonds is 2. The highest BCUT2D eigenvalue weighted by Gasteiger charge is 2.26. The molecule has 2 aliphatic rings. The third kappa shape index (κ3) is 4.70. The first kappa shape index (κ1) is 20.0. The number of aromatic nitrogens is 1. The van der Waals surface area contributed by atoms with Gasteiger partial charge in [-0.2, -0.15) is 0 Å². The van der Waals surface area contributed by atoms with Crippen LogP contribution in [0.2, 0.25) is 0 Å². The molecule has 23 heavy (non-hydrogen) atoms. The minimum Gasteiger partial charge on any atom is -0.378 e. The highest BCUT2D eigenvalue weighted by atomic mass is 35.5. The first-order valence-corrected chi connectivity index (χ1v) is 7.56. The molecule has 1 amide bonds. The zero-order valence-electron chi connectivity index (χ0n) is 13.2. The number of hydrogen-bond donors (Lipinski definition) is 1. The molecular formula is C15H24Cl2N4O2. The Kier molecular flexibility index (Phi) is 8.05. The number of nitrogens with one attached hydrogen (secondary N) is 1. The lowest BCUT2D eigenvalue weighted by atomic mass is 10.1. The van der Waals surface area contributed by atoms with Gasteiger partial charge in [-0.05, 0) is 19.1 Å². The summed E-state index contributed by atoms with van der Waals surface area (Å²) in [6.45, 7) is 7.40. The molecule has 1 N–H and O–H groups in total. The number of carbonyl (C=O) groups excluding carboxylic acids is 1. The summed E-state index contributed by atoms with van der Waals surface area (Å²) >= 11 is 0. The molecule has 8 heteroatoms. The van der Waals surface area contributed by atoms with Crippen molar-refractivity contribution in [1.29, 1.82) is 0 Å². The first-order chi connectivity index (χ1) is 10.3. The Labute approximate surface area is 149 Å². The smallest absolute Gasteiger partial charge is 0.257 e. The molecule has 0 bridgehead atoms. The van der Waals surface area contributed by atoms with Gasteiger partial charge in [0.05, 0.1) is 18.8 Å². The molecule has 0 aromatic carbocycles. The molecular weight excluding hydrogens is 339 g/mol. The molecule has 2 fully saturated rings. The second-order valence-electron chi connectivity index (χ2n) is 5.58. The zero-order chi connectivity index (χ0) is 14.7. The molecule has 3 heterocycles. The quantitative estimate of drug-likeness (QED) is 0.856. The van der Waals surface area contributed by atoms with E-state index in [4.69, 9.17) is 4.74 Å². The predicted octanol–water partition coefficient (Wildman–Crippen LogP) is 1.20. The van der Waals surface area contributed by atoms with Crippen molar-refractivity contribution in [2.45, 2.75) is 13.0 Å². The van der Waals surface area contributed by atoms with E-state index in [-0.39, 0.29) is 30.7 Å². The number of piperazine rings is 1. The molecule has 1 unspecified atom stereocenters. The van der Waals surface area contributed by atoms with Gasteiger partial charge in [-0.1, -0.05) is 0 Å². The van der Waals surface area contributed by atoms with Gasteiger partial charge in [-0.3, -0.25) is 4.79 Å². The standard InChI is InChI=1S/C15H22N4O2.2ClH/c1-12-11-19(6-5-16-12)15(20)13-3-2-4-17-14(13)18-7-9-21-10-8-18;;/h2-4,12,16H,5-11H2,1H3;2*1H. The molecule has 2 aliphatic heterocycles. The van der Waals surface area contributed by atoms with Crippen molar-refractivity contribution in [2.24, 2.45) is 0 Å². The number of anilines is 1. The third-order valence-corrected chi connectivity index (χ3v) is 3.98. The van der Waals surface area contributed by atoms with Crippen LogP contribution in [0.1, 0.15) is 17.3 Å². The Morgan fingerprint density at radius 1 is 1.30 bits per heavy atom. The van der Waals surface area contributed by atoms with Gasteiger partial charge in [-0.15, -0.1) is 24.8 Å². The Bertz CT molecular complexity index is 512. The van der Waals surface area contributed by atoms with Gasteiger partial charge >= 0.3 is 0 Å². The second-order valence-corrected chi connectivity index (χ2v) is 5.58. The Morgan fingerprint density at radius 3 is 2.74 bits per heavy atom. The summed E-state index contributed by atoms with van der Waals surface area (Å²) in [4.78, 5) is 21.3. The average Bonchev–Trinajstić information content (AvgIpc) is 2.55. The average molecular weight is 363 g/mol. The highest BCUT2D eigenvalue weighted by Crippen LogP contribution is 2.20. The van der Waals surface area contributed by atoms with Crippen LogP contribution >= 0.6 is 24.8 Å². The third-order valence-electron chi connectivity index (χ3n) is 3.98. The number of carbonyl (C=O) groups is 1. The number of morpholine rings is 1. The van der Waals surface area contributed by atoms with Crippen LogP contribution in [-0.4, -0.2) is 67.8 Å². The van der Waals surface area contributed by atoms with Crippen molar-refractivity contribution in [2.75, 3.05) is 50.8 Å².